The van der Waals surface area contributed by atoms with E-state index < -0.39 is 78.0 Å². The first kappa shape index (κ1) is 34.7. The van der Waals surface area contributed by atoms with E-state index in [1.165, 1.54) is 14.2 Å². The van der Waals surface area contributed by atoms with Gasteiger partial charge in [-0.05, 0) is 66.6 Å². The predicted octanol–water partition coefficient (Wildman–Crippen LogP) is 2.01. The van der Waals surface area contributed by atoms with E-state index in [2.05, 4.69) is 26.8 Å². The molecule has 0 aromatic heterocycles. The molecule has 5 aliphatic rings. The first-order valence-corrected chi connectivity index (χ1v) is 16.8. The number of rotatable bonds is 8. The summed E-state index contributed by atoms with van der Waals surface area (Å²) in [6, 6.07) is 0. The van der Waals surface area contributed by atoms with Gasteiger partial charge in [-0.15, -0.1) is 0 Å². The molecule has 17 unspecified atom stereocenters. The van der Waals surface area contributed by atoms with Gasteiger partial charge in [0.15, 0.2) is 6.29 Å². The third-order valence-electron chi connectivity index (χ3n) is 13.0. The van der Waals surface area contributed by atoms with Crippen LogP contribution in [0.4, 0.5) is 0 Å². The lowest BCUT2D eigenvalue weighted by molar-refractivity contribution is -0.321. The Labute approximate surface area is 262 Å². The molecule has 1 heterocycles. The minimum Gasteiger partial charge on any atom is -0.393 e. The maximum Gasteiger partial charge on any atom is 0.186 e. The lowest BCUT2D eigenvalue weighted by Crippen LogP contribution is -2.71. The molecular formula is C34H58O10. The van der Waals surface area contributed by atoms with Crippen LogP contribution in [0.15, 0.2) is 12.2 Å². The molecule has 0 bridgehead atoms. The molecule has 4 aliphatic carbocycles. The number of methoxy groups -OCH3 is 2. The van der Waals surface area contributed by atoms with Crippen molar-refractivity contribution in [3.05, 3.63) is 12.2 Å². The second-order valence-electron chi connectivity index (χ2n) is 15.6. The zero-order chi connectivity index (χ0) is 32.4. The Kier molecular flexibility index (Phi) is 10.0. The molecule has 5 fully saturated rings. The summed E-state index contributed by atoms with van der Waals surface area (Å²) in [6.07, 6.45) is 0.134. The number of hydrogen-bond donors (Lipinski definition) is 6. The molecule has 10 nitrogen and oxygen atoms in total. The van der Waals surface area contributed by atoms with Crippen molar-refractivity contribution in [3.8, 4) is 0 Å². The topological polar surface area (TPSA) is 158 Å². The highest BCUT2D eigenvalue weighted by Crippen LogP contribution is 2.69. The molecule has 44 heavy (non-hydrogen) atoms. The van der Waals surface area contributed by atoms with Gasteiger partial charge >= 0.3 is 0 Å². The minimum atomic E-state index is -1.28. The number of hydrogen-bond acceptors (Lipinski definition) is 10. The van der Waals surface area contributed by atoms with Gasteiger partial charge < -0.3 is 49.6 Å². The van der Waals surface area contributed by atoms with Crippen molar-refractivity contribution in [1.82, 2.24) is 0 Å². The van der Waals surface area contributed by atoms with Crippen LogP contribution in [0.2, 0.25) is 0 Å². The molecule has 0 aromatic carbocycles. The van der Waals surface area contributed by atoms with E-state index in [9.17, 15) is 30.6 Å². The van der Waals surface area contributed by atoms with Crippen LogP contribution in [0.25, 0.3) is 0 Å². The van der Waals surface area contributed by atoms with Gasteiger partial charge in [0, 0.05) is 32.5 Å². The minimum absolute atomic E-state index is 0.0802. The molecule has 0 radical (unpaired) electrons. The maximum atomic E-state index is 12.7. The van der Waals surface area contributed by atoms with Gasteiger partial charge in [-0.2, -0.15) is 0 Å². The van der Waals surface area contributed by atoms with Crippen molar-refractivity contribution in [3.63, 3.8) is 0 Å². The number of allylic oxidation sites excluding steroid dienone is 1. The fourth-order valence-corrected chi connectivity index (χ4v) is 10.7. The molecule has 254 valence electrons. The average molecular weight is 627 g/mol. The Balaban J connectivity index is 1.35. The van der Waals surface area contributed by atoms with E-state index in [4.69, 9.17) is 18.9 Å². The van der Waals surface area contributed by atoms with E-state index in [1.807, 2.05) is 19.9 Å². The quantitative estimate of drug-likeness (QED) is 0.174. The highest BCUT2D eigenvalue weighted by molar-refractivity contribution is 5.21. The lowest BCUT2D eigenvalue weighted by Gasteiger charge is -2.66. The van der Waals surface area contributed by atoms with Crippen molar-refractivity contribution in [2.24, 2.45) is 46.3 Å². The maximum absolute atomic E-state index is 12.7. The highest BCUT2D eigenvalue weighted by atomic mass is 16.7. The number of ether oxygens (including phenoxy) is 4. The van der Waals surface area contributed by atoms with E-state index in [0.717, 1.165) is 12.8 Å². The molecule has 5 rings (SSSR count). The molecule has 6 N–H and O–H groups in total. The van der Waals surface area contributed by atoms with Crippen LogP contribution in [0.5, 0.6) is 0 Å². The van der Waals surface area contributed by atoms with Gasteiger partial charge in [0.05, 0.1) is 42.7 Å². The number of fused-ring (bicyclic) bond motifs is 5. The van der Waals surface area contributed by atoms with Gasteiger partial charge in [0.1, 0.15) is 18.3 Å². The van der Waals surface area contributed by atoms with Crippen molar-refractivity contribution >= 4 is 0 Å². The molecule has 4 saturated carbocycles. The van der Waals surface area contributed by atoms with Gasteiger partial charge in [-0.1, -0.05) is 46.8 Å². The van der Waals surface area contributed by atoms with Crippen molar-refractivity contribution < 1.29 is 49.6 Å². The molecule has 10 heteroatoms. The van der Waals surface area contributed by atoms with E-state index >= 15 is 0 Å². The summed E-state index contributed by atoms with van der Waals surface area (Å²) in [7, 11) is 2.97. The second kappa shape index (κ2) is 12.7. The van der Waals surface area contributed by atoms with Crippen LogP contribution in [0.1, 0.15) is 73.1 Å². The Morgan fingerprint density at radius 1 is 0.864 bits per heavy atom. The highest BCUT2D eigenvalue weighted by Gasteiger charge is 2.72. The summed E-state index contributed by atoms with van der Waals surface area (Å²) in [4.78, 5) is 0. The van der Waals surface area contributed by atoms with Gasteiger partial charge in [0.25, 0.3) is 0 Å². The summed E-state index contributed by atoms with van der Waals surface area (Å²) in [5.74, 6) is -0.803. The number of aliphatic hydroxyl groups is 6. The third-order valence-corrected chi connectivity index (χ3v) is 13.0. The smallest absolute Gasteiger partial charge is 0.186 e. The van der Waals surface area contributed by atoms with Gasteiger partial charge in [-0.3, -0.25) is 0 Å². The Bertz CT molecular complexity index is 1020. The zero-order valence-corrected chi connectivity index (χ0v) is 27.6. The molecular weight excluding hydrogens is 568 g/mol. The third kappa shape index (κ3) is 5.53. The van der Waals surface area contributed by atoms with Crippen molar-refractivity contribution in [2.45, 2.75) is 134 Å². The molecule has 0 spiro atoms. The Morgan fingerprint density at radius 3 is 2.18 bits per heavy atom. The molecule has 0 aromatic rings. The van der Waals surface area contributed by atoms with Crippen molar-refractivity contribution in [2.75, 3.05) is 20.8 Å². The molecule has 0 amide bonds. The summed E-state index contributed by atoms with van der Waals surface area (Å²) in [5, 5.41) is 68.8. The van der Waals surface area contributed by atoms with Crippen molar-refractivity contribution in [1.29, 1.82) is 0 Å². The standard InChI is InChI=1S/C34H58O10/c1-17(2)20(35)9-8-18(3)19-14-21(36)30-32(19,4)13-11-25-33(5)12-10-23(27(38)26(33)22(37)15-34(25,30)40)44-31-29(42-7)28(39)24(41-6)16-43-31/h8-9,17-31,35-40H,10-16H2,1-7H3. The van der Waals surface area contributed by atoms with Crippen LogP contribution >= 0.6 is 0 Å². The van der Waals surface area contributed by atoms with Gasteiger partial charge in [-0.25, -0.2) is 0 Å². The van der Waals surface area contributed by atoms with Crippen LogP contribution in [0.3, 0.4) is 0 Å². The predicted molar refractivity (Wildman–Crippen MR) is 162 cm³/mol. The summed E-state index contributed by atoms with van der Waals surface area (Å²) in [5.41, 5.74) is -2.20. The first-order chi connectivity index (χ1) is 20.6. The average Bonchev–Trinajstić information content (AvgIpc) is 3.24. The first-order valence-electron chi connectivity index (χ1n) is 16.8. The fourth-order valence-electron chi connectivity index (χ4n) is 10.7. The van der Waals surface area contributed by atoms with Crippen LogP contribution < -0.4 is 0 Å². The summed E-state index contributed by atoms with van der Waals surface area (Å²) >= 11 is 0. The monoisotopic (exact) mass is 626 g/mol. The molecule has 1 aliphatic heterocycles. The Hall–Kier alpha value is -0.660. The zero-order valence-electron chi connectivity index (χ0n) is 27.6. The molecule has 17 atom stereocenters. The van der Waals surface area contributed by atoms with E-state index in [-0.39, 0.29) is 42.1 Å². The van der Waals surface area contributed by atoms with Gasteiger partial charge in [0.2, 0.25) is 0 Å². The van der Waals surface area contributed by atoms with Crippen LogP contribution in [-0.2, 0) is 18.9 Å². The lowest BCUT2D eigenvalue weighted by atomic mass is 9.41. The SMILES string of the molecule is COC1COC(OC2CCC3(C)C(C(O)CC4(O)C3CCC3(C)C(C(C)C=CC(O)C(C)C)CC(O)C34)C2O)C(OC)C1O. The van der Waals surface area contributed by atoms with Crippen LogP contribution in [-0.4, -0.2) is 112 Å². The largest absolute Gasteiger partial charge is 0.393 e. The second-order valence-corrected chi connectivity index (χ2v) is 15.6. The van der Waals surface area contributed by atoms with E-state index in [0.29, 0.717) is 19.3 Å². The normalized spacial score (nSPS) is 52.4. The fraction of sp³-hybridized carbons (Fsp3) is 0.941. The summed E-state index contributed by atoms with van der Waals surface area (Å²) < 4.78 is 22.9. The number of aliphatic hydroxyl groups excluding tert-OH is 5. The van der Waals surface area contributed by atoms with E-state index in [1.54, 1.807) is 0 Å². The summed E-state index contributed by atoms with van der Waals surface area (Å²) in [6.45, 7) is 10.5. The van der Waals surface area contributed by atoms with Crippen LogP contribution in [0, 0.1) is 46.3 Å². The molecule has 1 saturated heterocycles. The Morgan fingerprint density at radius 2 is 1.55 bits per heavy atom.